The van der Waals surface area contributed by atoms with Gasteiger partial charge in [0.15, 0.2) is 11.5 Å². The van der Waals surface area contributed by atoms with E-state index in [0.717, 1.165) is 11.4 Å². The Hall–Kier alpha value is -2.21. The molecular formula is C12H13N3O3. The molecule has 0 saturated carbocycles. The fourth-order valence-corrected chi connectivity index (χ4v) is 1.83. The number of H-pyrrole nitrogens is 1. The van der Waals surface area contributed by atoms with Crippen molar-refractivity contribution < 1.29 is 14.6 Å². The molecule has 3 N–H and O–H groups in total. The highest BCUT2D eigenvalue weighted by molar-refractivity contribution is 5.51. The Balaban J connectivity index is 1.66. The van der Waals surface area contributed by atoms with E-state index in [1.165, 1.54) is 0 Å². The van der Waals surface area contributed by atoms with E-state index in [2.05, 4.69) is 15.3 Å². The predicted molar refractivity (Wildman–Crippen MR) is 63.4 cm³/mol. The first-order chi connectivity index (χ1) is 8.83. The number of hydrogen-bond donors (Lipinski definition) is 3. The number of imidazole rings is 1. The van der Waals surface area contributed by atoms with E-state index in [9.17, 15) is 5.11 Å². The second-order valence-corrected chi connectivity index (χ2v) is 3.97. The molecule has 6 nitrogen and oxygen atoms in total. The maximum absolute atomic E-state index is 9.83. The molecule has 0 saturated heterocycles. The molecule has 0 radical (unpaired) electrons. The number of aromatic amines is 1. The van der Waals surface area contributed by atoms with Crippen LogP contribution in [0.4, 0.5) is 0 Å². The summed E-state index contributed by atoms with van der Waals surface area (Å²) in [5.41, 5.74) is 0.769. The average Bonchev–Trinajstić information content (AvgIpc) is 3.00. The quantitative estimate of drug-likeness (QED) is 0.754. The van der Waals surface area contributed by atoms with Crippen molar-refractivity contribution in [2.75, 3.05) is 6.79 Å². The maximum Gasteiger partial charge on any atom is 0.231 e. The van der Waals surface area contributed by atoms with Gasteiger partial charge in [-0.15, -0.1) is 0 Å². The van der Waals surface area contributed by atoms with Crippen LogP contribution < -0.4 is 14.8 Å². The first-order valence-electron chi connectivity index (χ1n) is 5.63. The van der Waals surface area contributed by atoms with Crippen molar-refractivity contribution in [2.24, 2.45) is 0 Å². The molecule has 3 rings (SSSR count). The van der Waals surface area contributed by atoms with Gasteiger partial charge in [-0.1, -0.05) is 0 Å². The molecule has 0 bridgehead atoms. The summed E-state index contributed by atoms with van der Waals surface area (Å²) in [6, 6.07) is 3.36. The van der Waals surface area contributed by atoms with Crippen LogP contribution in [0, 0.1) is 0 Å². The molecule has 1 aliphatic rings. The van der Waals surface area contributed by atoms with Crippen LogP contribution in [0.15, 0.2) is 24.5 Å². The van der Waals surface area contributed by atoms with E-state index < -0.39 is 0 Å². The summed E-state index contributed by atoms with van der Waals surface area (Å²) < 4.78 is 10.4. The number of nitrogens with zero attached hydrogens (tertiary/aromatic N) is 1. The molecule has 0 fully saturated rings. The second-order valence-electron chi connectivity index (χ2n) is 3.97. The molecule has 0 aliphatic carbocycles. The van der Waals surface area contributed by atoms with Crippen molar-refractivity contribution in [3.63, 3.8) is 0 Å². The van der Waals surface area contributed by atoms with Crippen LogP contribution in [0.1, 0.15) is 11.4 Å². The minimum Gasteiger partial charge on any atom is -0.507 e. The Kier molecular flexibility index (Phi) is 2.77. The smallest absolute Gasteiger partial charge is 0.231 e. The highest BCUT2D eigenvalue weighted by atomic mass is 16.7. The second kappa shape index (κ2) is 4.58. The molecular weight excluding hydrogens is 234 g/mol. The first kappa shape index (κ1) is 10.9. The van der Waals surface area contributed by atoms with Crippen LogP contribution >= 0.6 is 0 Å². The summed E-state index contributed by atoms with van der Waals surface area (Å²) in [6.45, 7) is 1.35. The van der Waals surface area contributed by atoms with Gasteiger partial charge in [0.25, 0.3) is 0 Å². The van der Waals surface area contributed by atoms with Gasteiger partial charge >= 0.3 is 0 Å². The third-order valence-electron chi connectivity index (χ3n) is 2.74. The zero-order valence-corrected chi connectivity index (χ0v) is 9.64. The lowest BCUT2D eigenvalue weighted by Crippen LogP contribution is -2.13. The van der Waals surface area contributed by atoms with Crippen LogP contribution in [0.3, 0.4) is 0 Å². The molecule has 1 aliphatic heterocycles. The van der Waals surface area contributed by atoms with Crippen molar-refractivity contribution in [2.45, 2.75) is 13.1 Å². The predicted octanol–water partition coefficient (Wildman–Crippen LogP) is 1.13. The lowest BCUT2D eigenvalue weighted by Gasteiger charge is -2.07. The summed E-state index contributed by atoms with van der Waals surface area (Å²) in [4.78, 5) is 7.10. The van der Waals surface area contributed by atoms with Crippen LogP contribution in [0.2, 0.25) is 0 Å². The van der Waals surface area contributed by atoms with Gasteiger partial charge in [-0.3, -0.25) is 0 Å². The Morgan fingerprint density at radius 1 is 1.28 bits per heavy atom. The summed E-state index contributed by atoms with van der Waals surface area (Å²) in [7, 11) is 0. The molecule has 6 heteroatoms. The fourth-order valence-electron chi connectivity index (χ4n) is 1.83. The largest absolute Gasteiger partial charge is 0.507 e. The van der Waals surface area contributed by atoms with Gasteiger partial charge in [0.2, 0.25) is 6.79 Å². The number of nitrogens with one attached hydrogen (secondary N) is 2. The van der Waals surface area contributed by atoms with Gasteiger partial charge in [0.05, 0.1) is 6.54 Å². The fraction of sp³-hybridized carbons (Fsp3) is 0.250. The van der Waals surface area contributed by atoms with Crippen molar-refractivity contribution in [1.82, 2.24) is 15.3 Å². The molecule has 2 heterocycles. The van der Waals surface area contributed by atoms with Crippen LogP contribution in [-0.2, 0) is 13.1 Å². The summed E-state index contributed by atoms with van der Waals surface area (Å²) in [5.74, 6) is 2.31. The third-order valence-corrected chi connectivity index (χ3v) is 2.74. The molecule has 0 spiro atoms. The normalized spacial score (nSPS) is 12.9. The van der Waals surface area contributed by atoms with Crippen LogP contribution in [0.5, 0.6) is 17.2 Å². The standard InChI is InChI=1S/C12H13N3O3/c16-9-4-11-10(17-7-18-11)3-8(9)5-13-6-12-14-1-2-15-12/h1-4,13,16H,5-7H2,(H,14,15). The highest BCUT2D eigenvalue weighted by Crippen LogP contribution is 2.37. The van der Waals surface area contributed by atoms with E-state index in [0.29, 0.717) is 24.6 Å². The number of rotatable bonds is 4. The van der Waals surface area contributed by atoms with Gasteiger partial charge in [0.1, 0.15) is 11.6 Å². The monoisotopic (exact) mass is 247 g/mol. The molecule has 0 amide bonds. The number of hydrogen-bond acceptors (Lipinski definition) is 5. The van der Waals surface area contributed by atoms with E-state index in [4.69, 9.17) is 9.47 Å². The molecule has 0 atom stereocenters. The topological polar surface area (TPSA) is 79.4 Å². The Morgan fingerprint density at radius 2 is 2.11 bits per heavy atom. The zero-order chi connectivity index (χ0) is 12.4. The zero-order valence-electron chi connectivity index (χ0n) is 9.64. The van der Waals surface area contributed by atoms with Crippen molar-refractivity contribution in [3.05, 3.63) is 35.9 Å². The number of ether oxygens (including phenoxy) is 2. The Labute approximate surface area is 104 Å². The molecule has 0 unspecified atom stereocenters. The Morgan fingerprint density at radius 3 is 2.89 bits per heavy atom. The number of aromatic hydroxyl groups is 1. The molecule has 94 valence electrons. The Bertz CT molecular complexity index is 540. The van der Waals surface area contributed by atoms with Crippen LogP contribution in [0.25, 0.3) is 0 Å². The third kappa shape index (κ3) is 2.10. The van der Waals surface area contributed by atoms with Gasteiger partial charge in [-0.25, -0.2) is 4.98 Å². The molecule has 2 aromatic rings. The van der Waals surface area contributed by atoms with E-state index >= 15 is 0 Å². The number of aromatic nitrogens is 2. The lowest BCUT2D eigenvalue weighted by molar-refractivity contribution is 0.174. The average molecular weight is 247 g/mol. The highest BCUT2D eigenvalue weighted by Gasteiger charge is 2.16. The summed E-state index contributed by atoms with van der Waals surface area (Å²) in [5, 5.41) is 13.0. The summed E-state index contributed by atoms with van der Waals surface area (Å²) >= 11 is 0. The van der Waals surface area contributed by atoms with E-state index in [-0.39, 0.29) is 12.5 Å². The lowest BCUT2D eigenvalue weighted by atomic mass is 10.1. The maximum atomic E-state index is 9.83. The van der Waals surface area contributed by atoms with Crippen molar-refractivity contribution in [3.8, 4) is 17.2 Å². The number of fused-ring (bicyclic) bond motifs is 1. The van der Waals surface area contributed by atoms with Gasteiger partial charge in [-0.05, 0) is 6.07 Å². The number of phenols is 1. The molecule has 18 heavy (non-hydrogen) atoms. The molecule has 1 aromatic carbocycles. The minimum absolute atomic E-state index is 0.200. The van der Waals surface area contributed by atoms with Crippen LogP contribution in [-0.4, -0.2) is 21.9 Å². The number of benzene rings is 1. The molecule has 1 aromatic heterocycles. The SMILES string of the molecule is Oc1cc2c(cc1CNCc1ncc[nH]1)OCO2. The van der Waals surface area contributed by atoms with E-state index in [1.807, 2.05) is 0 Å². The minimum atomic E-state index is 0.200. The van der Waals surface area contributed by atoms with Gasteiger partial charge in [0, 0.05) is 30.6 Å². The van der Waals surface area contributed by atoms with Crippen molar-refractivity contribution in [1.29, 1.82) is 0 Å². The van der Waals surface area contributed by atoms with Crippen molar-refractivity contribution >= 4 is 0 Å². The van der Waals surface area contributed by atoms with Gasteiger partial charge in [-0.2, -0.15) is 0 Å². The van der Waals surface area contributed by atoms with Gasteiger partial charge < -0.3 is 24.9 Å². The number of phenolic OH excluding ortho intramolecular Hbond substituents is 1. The van der Waals surface area contributed by atoms with E-state index in [1.54, 1.807) is 24.5 Å². The summed E-state index contributed by atoms with van der Waals surface area (Å²) in [6.07, 6.45) is 3.48. The first-order valence-corrected chi connectivity index (χ1v) is 5.63.